The predicted octanol–water partition coefficient (Wildman–Crippen LogP) is 4.29. The number of rotatable bonds is 6. The number of sulfonamides is 1. The Morgan fingerprint density at radius 3 is 2.22 bits per heavy atom. The highest BCUT2D eigenvalue weighted by molar-refractivity contribution is 7.89. The van der Waals surface area contributed by atoms with Gasteiger partial charge in [0.2, 0.25) is 10.0 Å². The second-order valence-corrected chi connectivity index (χ2v) is 11.0. The van der Waals surface area contributed by atoms with Crippen molar-refractivity contribution in [2.24, 2.45) is 0 Å². The summed E-state index contributed by atoms with van der Waals surface area (Å²) in [5.41, 5.74) is 0.0570. The Morgan fingerprint density at radius 2 is 1.56 bits per heavy atom. The Morgan fingerprint density at radius 1 is 0.969 bits per heavy atom. The lowest BCUT2D eigenvalue weighted by Gasteiger charge is -2.21. The summed E-state index contributed by atoms with van der Waals surface area (Å²) in [6, 6.07) is 4.16. The third-order valence-corrected chi connectivity index (χ3v) is 8.53. The van der Waals surface area contributed by atoms with Crippen molar-refractivity contribution in [3.8, 4) is 0 Å². The van der Waals surface area contributed by atoms with Crippen LogP contribution >= 0.6 is 11.6 Å². The molecule has 1 aromatic rings. The van der Waals surface area contributed by atoms with Crippen molar-refractivity contribution < 1.29 is 22.7 Å². The third kappa shape index (κ3) is 6.93. The van der Waals surface area contributed by atoms with Gasteiger partial charge in [0.25, 0.3) is 5.91 Å². The van der Waals surface area contributed by atoms with Gasteiger partial charge in [0.05, 0.1) is 10.6 Å². The summed E-state index contributed by atoms with van der Waals surface area (Å²) in [4.78, 5) is 24.7. The van der Waals surface area contributed by atoms with E-state index in [4.69, 9.17) is 16.3 Å². The van der Waals surface area contributed by atoms with Crippen LogP contribution in [0.3, 0.4) is 0 Å². The lowest BCUT2D eigenvalue weighted by Crippen LogP contribution is -2.38. The number of hydrogen-bond acceptors (Lipinski definition) is 5. The number of esters is 1. The topological polar surface area (TPSA) is 92.8 Å². The van der Waals surface area contributed by atoms with Gasteiger partial charge in [0.15, 0.2) is 6.61 Å². The summed E-state index contributed by atoms with van der Waals surface area (Å²) in [7, 11) is -3.81. The second kappa shape index (κ2) is 12.0. The van der Waals surface area contributed by atoms with E-state index in [1.807, 2.05) is 0 Å². The molecule has 1 aromatic carbocycles. The van der Waals surface area contributed by atoms with Gasteiger partial charge >= 0.3 is 5.97 Å². The number of amides is 1. The molecule has 1 aliphatic carbocycles. The Labute approximate surface area is 195 Å². The van der Waals surface area contributed by atoms with Gasteiger partial charge in [-0.05, 0) is 43.9 Å². The quantitative estimate of drug-likeness (QED) is 0.608. The zero-order valence-electron chi connectivity index (χ0n) is 18.5. The minimum atomic E-state index is -3.81. The van der Waals surface area contributed by atoms with Crippen molar-refractivity contribution in [3.05, 3.63) is 28.8 Å². The summed E-state index contributed by atoms with van der Waals surface area (Å²) < 4.78 is 32.8. The molecule has 1 saturated carbocycles. The van der Waals surface area contributed by atoms with Crippen LogP contribution in [-0.2, 0) is 19.6 Å². The van der Waals surface area contributed by atoms with E-state index in [-0.39, 0.29) is 27.4 Å². The molecule has 0 atom stereocenters. The van der Waals surface area contributed by atoms with Crippen molar-refractivity contribution in [3.63, 3.8) is 0 Å². The third-order valence-electron chi connectivity index (χ3n) is 6.15. The first-order valence-electron chi connectivity index (χ1n) is 11.6. The fourth-order valence-corrected chi connectivity index (χ4v) is 6.35. The minimum absolute atomic E-state index is 0.0570. The first-order chi connectivity index (χ1) is 15.4. The standard InChI is InChI=1S/C23H33ClN2O5S/c24-20-13-12-18(16-21(20)32(29,30)26-14-8-4-5-9-15-26)23(28)31-17-22(27)25-19-10-6-2-1-3-7-11-19/h12-13,16,19H,1-11,14-15,17H2,(H,25,27). The van der Waals surface area contributed by atoms with E-state index in [0.717, 1.165) is 51.4 Å². The molecular weight excluding hydrogens is 452 g/mol. The van der Waals surface area contributed by atoms with Gasteiger partial charge in [0.1, 0.15) is 4.90 Å². The smallest absolute Gasteiger partial charge is 0.338 e. The average molecular weight is 485 g/mol. The van der Waals surface area contributed by atoms with Crippen molar-refractivity contribution in [2.45, 2.75) is 81.6 Å². The maximum Gasteiger partial charge on any atom is 0.338 e. The summed E-state index contributed by atoms with van der Waals surface area (Å²) in [5.74, 6) is -1.09. The van der Waals surface area contributed by atoms with E-state index >= 15 is 0 Å². The monoisotopic (exact) mass is 484 g/mol. The van der Waals surface area contributed by atoms with Gasteiger partial charge in [-0.15, -0.1) is 0 Å². The lowest BCUT2D eigenvalue weighted by molar-refractivity contribution is -0.125. The largest absolute Gasteiger partial charge is 0.452 e. The number of hydrogen-bond donors (Lipinski definition) is 1. The Bertz CT molecular complexity index is 890. The summed E-state index contributed by atoms with van der Waals surface area (Å²) in [5, 5.41) is 3.01. The maximum absolute atomic E-state index is 13.1. The highest BCUT2D eigenvalue weighted by Gasteiger charge is 2.28. The van der Waals surface area contributed by atoms with Gasteiger partial charge in [0, 0.05) is 19.1 Å². The zero-order valence-corrected chi connectivity index (χ0v) is 20.1. The van der Waals surface area contributed by atoms with Crippen LogP contribution in [0.5, 0.6) is 0 Å². The molecule has 1 heterocycles. The molecule has 1 aliphatic heterocycles. The molecule has 2 aliphatic rings. The number of halogens is 1. The maximum atomic E-state index is 13.1. The van der Waals surface area contributed by atoms with E-state index < -0.39 is 22.6 Å². The van der Waals surface area contributed by atoms with Crippen molar-refractivity contribution in [1.82, 2.24) is 9.62 Å². The number of nitrogens with one attached hydrogen (secondary N) is 1. The van der Waals surface area contributed by atoms with Crippen molar-refractivity contribution in [1.29, 1.82) is 0 Å². The average Bonchev–Trinajstić information content (AvgIpc) is 3.04. The molecule has 1 saturated heterocycles. The van der Waals surface area contributed by atoms with Gasteiger partial charge in [-0.1, -0.05) is 56.5 Å². The molecule has 1 amide bonds. The molecule has 0 aromatic heterocycles. The van der Waals surface area contributed by atoms with Gasteiger partial charge in [-0.25, -0.2) is 13.2 Å². The number of carbonyl (C=O) groups excluding carboxylic acids is 2. The normalized spacial score (nSPS) is 19.4. The van der Waals surface area contributed by atoms with Crippen LogP contribution in [0, 0.1) is 0 Å². The SMILES string of the molecule is O=C(COC(=O)c1ccc(Cl)c(S(=O)(=O)N2CCCCCC2)c1)NC1CCCCCCC1. The lowest BCUT2D eigenvalue weighted by atomic mass is 9.97. The van der Waals surface area contributed by atoms with E-state index in [1.165, 1.54) is 41.8 Å². The Hall–Kier alpha value is -1.64. The molecule has 9 heteroatoms. The number of benzene rings is 1. The van der Waals surface area contributed by atoms with Crippen molar-refractivity contribution >= 4 is 33.5 Å². The summed E-state index contributed by atoms with van der Waals surface area (Å²) >= 11 is 6.18. The van der Waals surface area contributed by atoms with E-state index in [9.17, 15) is 18.0 Å². The Kier molecular flexibility index (Phi) is 9.37. The van der Waals surface area contributed by atoms with Crippen LogP contribution in [0.25, 0.3) is 0 Å². The van der Waals surface area contributed by atoms with Gasteiger partial charge < -0.3 is 10.1 Å². The van der Waals surface area contributed by atoms with Crippen molar-refractivity contribution in [2.75, 3.05) is 19.7 Å². The molecule has 1 N–H and O–H groups in total. The van der Waals surface area contributed by atoms with Gasteiger partial charge in [-0.2, -0.15) is 4.31 Å². The van der Waals surface area contributed by atoms with Crippen LogP contribution in [-0.4, -0.2) is 50.3 Å². The minimum Gasteiger partial charge on any atom is -0.452 e. The summed E-state index contributed by atoms with van der Waals surface area (Å²) in [6.45, 7) is 0.482. The molecule has 7 nitrogen and oxygen atoms in total. The van der Waals surface area contributed by atoms with Crippen LogP contribution < -0.4 is 5.32 Å². The van der Waals surface area contributed by atoms with Crippen LogP contribution in [0.1, 0.15) is 81.0 Å². The molecular formula is C23H33ClN2O5S. The Balaban J connectivity index is 1.61. The molecule has 0 radical (unpaired) electrons. The molecule has 178 valence electrons. The molecule has 0 spiro atoms. The fourth-order valence-electron chi connectivity index (χ4n) is 4.33. The highest BCUT2D eigenvalue weighted by Crippen LogP contribution is 2.28. The molecule has 0 unspecified atom stereocenters. The molecule has 0 bridgehead atoms. The highest BCUT2D eigenvalue weighted by atomic mass is 35.5. The van der Waals surface area contributed by atoms with E-state index in [0.29, 0.717) is 13.1 Å². The van der Waals surface area contributed by atoms with E-state index in [1.54, 1.807) is 0 Å². The number of carbonyl (C=O) groups is 2. The molecule has 3 rings (SSSR count). The fraction of sp³-hybridized carbons (Fsp3) is 0.652. The number of ether oxygens (including phenoxy) is 1. The molecule has 32 heavy (non-hydrogen) atoms. The number of nitrogens with zero attached hydrogens (tertiary/aromatic N) is 1. The van der Waals surface area contributed by atoms with Crippen LogP contribution in [0.15, 0.2) is 23.1 Å². The summed E-state index contributed by atoms with van der Waals surface area (Å²) in [6.07, 6.45) is 11.3. The second-order valence-electron chi connectivity index (χ2n) is 8.65. The first-order valence-corrected chi connectivity index (χ1v) is 13.5. The zero-order chi connectivity index (χ0) is 23.0. The van der Waals surface area contributed by atoms with Crippen LogP contribution in [0.4, 0.5) is 0 Å². The molecule has 2 fully saturated rings. The van der Waals surface area contributed by atoms with E-state index in [2.05, 4.69) is 5.32 Å². The predicted molar refractivity (Wildman–Crippen MR) is 123 cm³/mol. The van der Waals surface area contributed by atoms with Gasteiger partial charge in [-0.3, -0.25) is 4.79 Å². The van der Waals surface area contributed by atoms with Crippen LogP contribution in [0.2, 0.25) is 5.02 Å². The first kappa shape index (κ1) is 25.0.